The number of nitrogens with one attached hydrogen (secondary N) is 1. The summed E-state index contributed by atoms with van der Waals surface area (Å²) >= 11 is 1.48. The fraction of sp³-hybridized carbons (Fsp3) is 0.353. The van der Waals surface area contributed by atoms with Crippen LogP contribution in [0.15, 0.2) is 35.0 Å². The molecule has 4 nitrogen and oxygen atoms in total. The van der Waals surface area contributed by atoms with Gasteiger partial charge in [0.05, 0.1) is 13.7 Å². The summed E-state index contributed by atoms with van der Waals surface area (Å²) in [6.45, 7) is 0.223. The van der Waals surface area contributed by atoms with Crippen molar-refractivity contribution in [2.24, 2.45) is 0 Å². The minimum Gasteiger partial charge on any atom is -0.497 e. The molecular formula is C17H19NO3S. The first-order chi connectivity index (χ1) is 10.6. The van der Waals surface area contributed by atoms with Crippen molar-refractivity contribution >= 4 is 17.2 Å². The van der Waals surface area contributed by atoms with Gasteiger partial charge < -0.3 is 15.2 Å². The SMILES string of the molecule is COc1ccc2c(c1)CCCC2(O)CNC(=O)c1ccsc1. The van der Waals surface area contributed by atoms with Gasteiger partial charge in [0.15, 0.2) is 0 Å². The number of aliphatic hydroxyl groups is 1. The Morgan fingerprint density at radius 1 is 1.45 bits per heavy atom. The molecule has 1 aliphatic rings. The number of methoxy groups -OCH3 is 1. The molecule has 0 radical (unpaired) electrons. The topological polar surface area (TPSA) is 58.6 Å². The van der Waals surface area contributed by atoms with E-state index in [1.54, 1.807) is 18.6 Å². The molecule has 3 rings (SSSR count). The van der Waals surface area contributed by atoms with Crippen LogP contribution in [0.2, 0.25) is 0 Å². The van der Waals surface area contributed by atoms with Gasteiger partial charge in [0.2, 0.25) is 0 Å². The zero-order valence-electron chi connectivity index (χ0n) is 12.5. The third kappa shape index (κ3) is 2.87. The molecule has 0 saturated heterocycles. The average Bonchev–Trinajstić information content (AvgIpc) is 3.07. The molecule has 0 fully saturated rings. The van der Waals surface area contributed by atoms with Gasteiger partial charge >= 0.3 is 0 Å². The van der Waals surface area contributed by atoms with Gasteiger partial charge in [-0.05, 0) is 54.0 Å². The third-order valence-corrected chi connectivity index (χ3v) is 4.86. The van der Waals surface area contributed by atoms with E-state index in [1.165, 1.54) is 11.3 Å². The minimum absolute atomic E-state index is 0.143. The molecule has 2 aromatic rings. The zero-order valence-corrected chi connectivity index (χ0v) is 13.3. The zero-order chi connectivity index (χ0) is 15.6. The number of rotatable bonds is 4. The van der Waals surface area contributed by atoms with E-state index in [-0.39, 0.29) is 12.5 Å². The van der Waals surface area contributed by atoms with Crippen LogP contribution in [0.4, 0.5) is 0 Å². The quantitative estimate of drug-likeness (QED) is 0.911. The van der Waals surface area contributed by atoms with Crippen LogP contribution in [0.1, 0.15) is 34.3 Å². The highest BCUT2D eigenvalue weighted by atomic mass is 32.1. The summed E-state index contributed by atoms with van der Waals surface area (Å²) in [6.07, 6.45) is 2.47. The number of benzene rings is 1. The van der Waals surface area contributed by atoms with Crippen LogP contribution in [0, 0.1) is 0 Å². The number of thiophene rings is 1. The van der Waals surface area contributed by atoms with Gasteiger partial charge in [0, 0.05) is 10.9 Å². The molecule has 116 valence electrons. The van der Waals surface area contributed by atoms with Crippen LogP contribution in [0.3, 0.4) is 0 Å². The molecule has 0 aliphatic heterocycles. The lowest BCUT2D eigenvalue weighted by Gasteiger charge is -2.34. The molecular weight excluding hydrogens is 298 g/mol. The Bertz CT molecular complexity index is 669. The van der Waals surface area contributed by atoms with Gasteiger partial charge in [-0.1, -0.05) is 6.07 Å². The van der Waals surface area contributed by atoms with Crippen LogP contribution in [0.5, 0.6) is 5.75 Å². The summed E-state index contributed by atoms with van der Waals surface area (Å²) < 4.78 is 5.25. The lowest BCUT2D eigenvalue weighted by atomic mass is 9.79. The number of ether oxygens (including phenoxy) is 1. The number of fused-ring (bicyclic) bond motifs is 1. The van der Waals surface area contributed by atoms with Crippen molar-refractivity contribution < 1.29 is 14.6 Å². The predicted molar refractivity (Wildman–Crippen MR) is 86.5 cm³/mol. The second kappa shape index (κ2) is 6.10. The van der Waals surface area contributed by atoms with Crippen molar-refractivity contribution in [3.05, 3.63) is 51.7 Å². The van der Waals surface area contributed by atoms with E-state index >= 15 is 0 Å². The summed E-state index contributed by atoms with van der Waals surface area (Å²) in [6, 6.07) is 7.52. The normalized spacial score (nSPS) is 20.3. The lowest BCUT2D eigenvalue weighted by Crippen LogP contribution is -2.42. The van der Waals surface area contributed by atoms with E-state index in [0.717, 1.165) is 29.7 Å². The molecule has 5 heteroatoms. The Kier molecular flexibility index (Phi) is 4.18. The maximum atomic E-state index is 12.1. The summed E-state index contributed by atoms with van der Waals surface area (Å²) in [7, 11) is 1.64. The monoisotopic (exact) mass is 317 g/mol. The van der Waals surface area contributed by atoms with Gasteiger partial charge in [0.1, 0.15) is 11.4 Å². The first-order valence-corrected chi connectivity index (χ1v) is 8.27. The van der Waals surface area contributed by atoms with E-state index in [1.807, 2.05) is 23.6 Å². The van der Waals surface area contributed by atoms with Crippen molar-refractivity contribution in [2.45, 2.75) is 24.9 Å². The Balaban J connectivity index is 1.78. The van der Waals surface area contributed by atoms with Crippen molar-refractivity contribution in [3.8, 4) is 5.75 Å². The molecule has 1 unspecified atom stereocenters. The molecule has 1 aliphatic carbocycles. The number of aryl methyl sites for hydroxylation is 1. The second-order valence-electron chi connectivity index (χ2n) is 5.60. The number of hydrogen-bond donors (Lipinski definition) is 2. The minimum atomic E-state index is -1.01. The Morgan fingerprint density at radius 3 is 3.05 bits per heavy atom. The molecule has 0 spiro atoms. The average molecular weight is 317 g/mol. The Hall–Kier alpha value is -1.85. The van der Waals surface area contributed by atoms with Crippen molar-refractivity contribution in [3.63, 3.8) is 0 Å². The summed E-state index contributed by atoms with van der Waals surface area (Å²) in [5, 5.41) is 17.5. The fourth-order valence-corrected chi connectivity index (χ4v) is 3.61. The summed E-state index contributed by atoms with van der Waals surface area (Å²) in [4.78, 5) is 12.1. The molecule has 22 heavy (non-hydrogen) atoms. The molecule has 1 amide bonds. The number of carbonyl (C=O) groups is 1. The maximum absolute atomic E-state index is 12.1. The van der Waals surface area contributed by atoms with Gasteiger partial charge in [-0.15, -0.1) is 0 Å². The number of amides is 1. The van der Waals surface area contributed by atoms with Gasteiger partial charge in [-0.2, -0.15) is 11.3 Å². The smallest absolute Gasteiger partial charge is 0.252 e. The van der Waals surface area contributed by atoms with Crippen LogP contribution < -0.4 is 10.1 Å². The second-order valence-corrected chi connectivity index (χ2v) is 6.38. The maximum Gasteiger partial charge on any atom is 0.252 e. The van der Waals surface area contributed by atoms with Crippen molar-refractivity contribution in [2.75, 3.05) is 13.7 Å². The highest BCUT2D eigenvalue weighted by Crippen LogP contribution is 2.36. The van der Waals surface area contributed by atoms with E-state index in [0.29, 0.717) is 12.0 Å². The summed E-state index contributed by atoms with van der Waals surface area (Å²) in [5.74, 6) is 0.653. The molecule has 1 aromatic heterocycles. The van der Waals surface area contributed by atoms with E-state index < -0.39 is 5.60 Å². The van der Waals surface area contributed by atoms with Gasteiger partial charge in [-0.25, -0.2) is 0 Å². The van der Waals surface area contributed by atoms with E-state index in [9.17, 15) is 9.90 Å². The van der Waals surface area contributed by atoms with Gasteiger partial charge in [0.25, 0.3) is 5.91 Å². The number of carbonyl (C=O) groups excluding carboxylic acids is 1. The lowest BCUT2D eigenvalue weighted by molar-refractivity contribution is 0.0189. The van der Waals surface area contributed by atoms with E-state index in [2.05, 4.69) is 5.32 Å². The Morgan fingerprint density at radius 2 is 2.32 bits per heavy atom. The molecule has 1 atom stereocenters. The van der Waals surface area contributed by atoms with Gasteiger partial charge in [-0.3, -0.25) is 4.79 Å². The largest absolute Gasteiger partial charge is 0.497 e. The molecule has 1 heterocycles. The highest BCUT2D eigenvalue weighted by Gasteiger charge is 2.34. The molecule has 0 bridgehead atoms. The van der Waals surface area contributed by atoms with E-state index in [4.69, 9.17) is 4.74 Å². The predicted octanol–water partition coefficient (Wildman–Crippen LogP) is 2.71. The summed E-state index contributed by atoms with van der Waals surface area (Å²) in [5.41, 5.74) is 1.62. The van der Waals surface area contributed by atoms with Crippen LogP contribution in [-0.4, -0.2) is 24.7 Å². The highest BCUT2D eigenvalue weighted by molar-refractivity contribution is 7.08. The molecule has 1 aromatic carbocycles. The van der Waals surface area contributed by atoms with Crippen LogP contribution in [-0.2, 0) is 12.0 Å². The fourth-order valence-electron chi connectivity index (χ4n) is 2.97. The molecule has 2 N–H and O–H groups in total. The Labute approximate surface area is 133 Å². The first kappa shape index (κ1) is 15.1. The first-order valence-electron chi connectivity index (χ1n) is 7.32. The third-order valence-electron chi connectivity index (χ3n) is 4.17. The molecule has 0 saturated carbocycles. The van der Waals surface area contributed by atoms with Crippen LogP contribution >= 0.6 is 11.3 Å². The van der Waals surface area contributed by atoms with Crippen molar-refractivity contribution in [1.29, 1.82) is 0 Å². The van der Waals surface area contributed by atoms with Crippen LogP contribution in [0.25, 0.3) is 0 Å². The number of hydrogen-bond acceptors (Lipinski definition) is 4. The van der Waals surface area contributed by atoms with Crippen molar-refractivity contribution in [1.82, 2.24) is 5.32 Å². The standard InChI is InChI=1S/C17H19NO3S/c1-21-14-4-5-15-12(9-14)3-2-7-17(15,20)11-18-16(19)13-6-8-22-10-13/h4-6,8-10,20H,2-3,7,11H2,1H3,(H,18,19).